The molecule has 0 spiro atoms. The van der Waals surface area contributed by atoms with Gasteiger partial charge >= 0.3 is 0 Å². The van der Waals surface area contributed by atoms with Crippen molar-refractivity contribution in [2.45, 2.75) is 38.0 Å². The summed E-state index contributed by atoms with van der Waals surface area (Å²) in [5.74, 6) is 1.52. The van der Waals surface area contributed by atoms with Gasteiger partial charge in [-0.2, -0.15) is 5.10 Å². The van der Waals surface area contributed by atoms with Gasteiger partial charge in [0.1, 0.15) is 5.75 Å². The van der Waals surface area contributed by atoms with Crippen LogP contribution in [0.15, 0.2) is 30.5 Å². The van der Waals surface area contributed by atoms with Gasteiger partial charge in [0.2, 0.25) is 0 Å². The number of carbonyl (C=O) groups is 1. The summed E-state index contributed by atoms with van der Waals surface area (Å²) < 4.78 is 7.42. The number of rotatable bonds is 5. The summed E-state index contributed by atoms with van der Waals surface area (Å²) >= 11 is 6.16. The third kappa shape index (κ3) is 4.29. The lowest BCUT2D eigenvalue weighted by Gasteiger charge is -2.24. The van der Waals surface area contributed by atoms with Crippen molar-refractivity contribution in [2.75, 3.05) is 11.9 Å². The summed E-state index contributed by atoms with van der Waals surface area (Å²) in [6, 6.07) is 7.39. The first kappa shape index (κ1) is 16.8. The minimum Gasteiger partial charge on any atom is -0.483 e. The molecule has 0 saturated heterocycles. The monoisotopic (exact) mass is 347 g/mol. The van der Waals surface area contributed by atoms with Crippen molar-refractivity contribution in [1.29, 1.82) is 0 Å². The van der Waals surface area contributed by atoms with E-state index >= 15 is 0 Å². The van der Waals surface area contributed by atoms with Crippen LogP contribution in [0.1, 0.15) is 43.6 Å². The molecule has 128 valence electrons. The first-order valence-electron chi connectivity index (χ1n) is 8.33. The fourth-order valence-electron chi connectivity index (χ4n) is 3.19. The summed E-state index contributed by atoms with van der Waals surface area (Å²) in [7, 11) is 1.80. The number of anilines is 1. The van der Waals surface area contributed by atoms with Gasteiger partial charge in [-0.25, -0.2) is 0 Å². The second kappa shape index (κ2) is 7.71. The number of aryl methyl sites for hydroxylation is 1. The van der Waals surface area contributed by atoms with Crippen molar-refractivity contribution >= 4 is 23.3 Å². The maximum absolute atomic E-state index is 12.0. The van der Waals surface area contributed by atoms with Gasteiger partial charge in [-0.1, -0.05) is 30.9 Å². The average molecular weight is 348 g/mol. The maximum atomic E-state index is 12.0. The Kier molecular flexibility index (Phi) is 5.41. The first-order valence-corrected chi connectivity index (χ1v) is 8.71. The van der Waals surface area contributed by atoms with Gasteiger partial charge in [-0.15, -0.1) is 0 Å². The summed E-state index contributed by atoms with van der Waals surface area (Å²) in [6.45, 7) is -0.0437. The number of hydrogen-bond donors (Lipinski definition) is 1. The molecule has 1 amide bonds. The molecule has 2 aromatic rings. The highest BCUT2D eigenvalue weighted by atomic mass is 35.5. The van der Waals surface area contributed by atoms with E-state index in [1.165, 1.54) is 19.3 Å². The maximum Gasteiger partial charge on any atom is 0.263 e. The molecule has 0 unspecified atom stereocenters. The lowest BCUT2D eigenvalue weighted by atomic mass is 9.84. The Morgan fingerprint density at radius 2 is 2.12 bits per heavy atom. The standard InChI is InChI=1S/C18H22ClN3O2/c1-22-10-9-17(21-22)20-18(23)12-24-16-8-7-14(19)11-15(16)13-5-3-2-4-6-13/h7-11,13H,2-6,12H2,1H3,(H,20,21,23). The number of aromatic nitrogens is 2. The van der Waals surface area contributed by atoms with E-state index in [1.54, 1.807) is 30.1 Å². The molecule has 1 aliphatic carbocycles. The van der Waals surface area contributed by atoms with Crippen LogP contribution in [0, 0.1) is 0 Å². The first-order chi connectivity index (χ1) is 11.6. The van der Waals surface area contributed by atoms with Crippen molar-refractivity contribution in [1.82, 2.24) is 9.78 Å². The van der Waals surface area contributed by atoms with Crippen LogP contribution >= 0.6 is 11.6 Å². The molecule has 0 radical (unpaired) electrons. The van der Waals surface area contributed by atoms with E-state index in [9.17, 15) is 4.79 Å². The highest BCUT2D eigenvalue weighted by Crippen LogP contribution is 2.38. The molecule has 1 aromatic heterocycles. The molecule has 1 N–H and O–H groups in total. The molecule has 5 nitrogen and oxygen atoms in total. The third-order valence-electron chi connectivity index (χ3n) is 4.36. The molecule has 0 aliphatic heterocycles. The zero-order chi connectivity index (χ0) is 16.9. The lowest BCUT2D eigenvalue weighted by molar-refractivity contribution is -0.118. The van der Waals surface area contributed by atoms with Gasteiger partial charge < -0.3 is 10.1 Å². The predicted molar refractivity (Wildman–Crippen MR) is 94.6 cm³/mol. The Balaban J connectivity index is 1.64. The number of nitrogens with zero attached hydrogens (tertiary/aromatic N) is 2. The van der Waals surface area contributed by atoms with E-state index in [0.717, 1.165) is 24.2 Å². The fraction of sp³-hybridized carbons (Fsp3) is 0.444. The predicted octanol–water partition coefficient (Wildman–Crippen LogP) is 4.14. The quantitative estimate of drug-likeness (QED) is 0.884. The highest BCUT2D eigenvalue weighted by Gasteiger charge is 2.20. The molecule has 1 heterocycles. The summed E-state index contributed by atoms with van der Waals surface area (Å²) in [4.78, 5) is 12.0. The SMILES string of the molecule is Cn1ccc(NC(=O)COc2ccc(Cl)cc2C2CCCCC2)n1. The summed E-state index contributed by atoms with van der Waals surface area (Å²) in [5.41, 5.74) is 1.12. The number of halogens is 1. The minimum atomic E-state index is -0.224. The van der Waals surface area contributed by atoms with E-state index in [-0.39, 0.29) is 12.5 Å². The van der Waals surface area contributed by atoms with Gasteiger partial charge in [0.05, 0.1) is 0 Å². The Morgan fingerprint density at radius 1 is 1.33 bits per heavy atom. The molecule has 1 aromatic carbocycles. The number of carbonyl (C=O) groups excluding carboxylic acids is 1. The van der Waals surface area contributed by atoms with Crippen LogP contribution in [0.3, 0.4) is 0 Å². The van der Waals surface area contributed by atoms with Gasteiger partial charge in [0, 0.05) is 24.3 Å². The topological polar surface area (TPSA) is 56.2 Å². The molecule has 1 fully saturated rings. The molecule has 6 heteroatoms. The van der Waals surface area contributed by atoms with Crippen molar-refractivity contribution in [3.63, 3.8) is 0 Å². The second-order valence-electron chi connectivity index (χ2n) is 6.23. The number of ether oxygens (including phenoxy) is 1. The highest BCUT2D eigenvalue weighted by molar-refractivity contribution is 6.30. The molecular formula is C18H22ClN3O2. The Labute approximate surface area is 147 Å². The van der Waals surface area contributed by atoms with Crippen molar-refractivity contribution < 1.29 is 9.53 Å². The summed E-state index contributed by atoms with van der Waals surface area (Å²) in [5, 5.41) is 7.55. The number of benzene rings is 1. The van der Waals surface area contributed by atoms with Crippen molar-refractivity contribution in [3.05, 3.63) is 41.0 Å². The van der Waals surface area contributed by atoms with Crippen LogP contribution < -0.4 is 10.1 Å². The number of nitrogens with one attached hydrogen (secondary N) is 1. The lowest BCUT2D eigenvalue weighted by Crippen LogP contribution is -2.21. The number of amides is 1. The van der Waals surface area contributed by atoms with Crippen LogP contribution in [0.25, 0.3) is 0 Å². The fourth-order valence-corrected chi connectivity index (χ4v) is 3.37. The molecule has 0 bridgehead atoms. The number of hydrogen-bond acceptors (Lipinski definition) is 3. The minimum absolute atomic E-state index is 0.0437. The largest absolute Gasteiger partial charge is 0.483 e. The Morgan fingerprint density at radius 3 is 2.83 bits per heavy atom. The van der Waals surface area contributed by atoms with Gasteiger partial charge in [-0.05, 0) is 42.5 Å². The zero-order valence-corrected chi connectivity index (χ0v) is 14.6. The Bertz CT molecular complexity index is 708. The smallest absolute Gasteiger partial charge is 0.263 e. The van der Waals surface area contributed by atoms with Crippen LogP contribution in [-0.2, 0) is 11.8 Å². The van der Waals surface area contributed by atoms with E-state index in [4.69, 9.17) is 16.3 Å². The van der Waals surface area contributed by atoms with Crippen LogP contribution in [0.5, 0.6) is 5.75 Å². The third-order valence-corrected chi connectivity index (χ3v) is 4.59. The Hall–Kier alpha value is -2.01. The van der Waals surface area contributed by atoms with Crippen LogP contribution in [-0.4, -0.2) is 22.3 Å². The molecule has 1 saturated carbocycles. The van der Waals surface area contributed by atoms with Crippen LogP contribution in [0.2, 0.25) is 5.02 Å². The molecule has 24 heavy (non-hydrogen) atoms. The van der Waals surface area contributed by atoms with Gasteiger partial charge in [0.15, 0.2) is 12.4 Å². The molecule has 0 atom stereocenters. The second-order valence-corrected chi connectivity index (χ2v) is 6.67. The van der Waals surface area contributed by atoms with E-state index in [2.05, 4.69) is 10.4 Å². The molecule has 3 rings (SSSR count). The average Bonchev–Trinajstić information content (AvgIpc) is 2.99. The normalized spacial score (nSPS) is 15.2. The van der Waals surface area contributed by atoms with Gasteiger partial charge in [0.25, 0.3) is 5.91 Å². The van der Waals surface area contributed by atoms with Gasteiger partial charge in [-0.3, -0.25) is 9.48 Å². The summed E-state index contributed by atoms with van der Waals surface area (Å²) in [6.07, 6.45) is 7.83. The van der Waals surface area contributed by atoms with E-state index < -0.39 is 0 Å². The van der Waals surface area contributed by atoms with E-state index in [0.29, 0.717) is 16.8 Å². The van der Waals surface area contributed by atoms with E-state index in [1.807, 2.05) is 12.1 Å². The van der Waals surface area contributed by atoms with Crippen molar-refractivity contribution in [3.8, 4) is 5.75 Å². The molecule has 1 aliphatic rings. The van der Waals surface area contributed by atoms with Crippen molar-refractivity contribution in [2.24, 2.45) is 7.05 Å². The van der Waals surface area contributed by atoms with Crippen LogP contribution in [0.4, 0.5) is 5.82 Å². The zero-order valence-electron chi connectivity index (χ0n) is 13.8. The molecular weight excluding hydrogens is 326 g/mol.